The summed E-state index contributed by atoms with van der Waals surface area (Å²) in [4.78, 5) is 3.89. The SMILES string of the molecule is O[C@@](Cc1nn[nH]n1)(c1nc2ccccc2s1)C(F)(F)F. The molecule has 0 bridgehead atoms. The topological polar surface area (TPSA) is 87.6 Å². The quantitative estimate of drug-likeness (QED) is 0.769. The van der Waals surface area contributed by atoms with E-state index in [1.807, 2.05) is 0 Å². The molecule has 2 heterocycles. The van der Waals surface area contributed by atoms with E-state index in [1.54, 1.807) is 24.3 Å². The monoisotopic (exact) mass is 315 g/mol. The lowest BCUT2D eigenvalue weighted by atomic mass is 9.99. The van der Waals surface area contributed by atoms with E-state index in [1.165, 1.54) is 0 Å². The number of aliphatic hydroxyl groups is 1. The van der Waals surface area contributed by atoms with Crippen LogP contribution >= 0.6 is 11.3 Å². The van der Waals surface area contributed by atoms with Gasteiger partial charge in [0.1, 0.15) is 5.01 Å². The second-order valence-corrected chi connectivity index (χ2v) is 5.38. The van der Waals surface area contributed by atoms with Crippen molar-refractivity contribution in [3.05, 3.63) is 35.1 Å². The van der Waals surface area contributed by atoms with Crippen molar-refractivity contribution in [3.8, 4) is 0 Å². The molecule has 21 heavy (non-hydrogen) atoms. The van der Waals surface area contributed by atoms with Gasteiger partial charge in [0.25, 0.3) is 0 Å². The number of benzene rings is 1. The first-order valence-electron chi connectivity index (χ1n) is 5.77. The minimum atomic E-state index is -4.92. The Morgan fingerprint density at radius 3 is 2.62 bits per heavy atom. The van der Waals surface area contributed by atoms with Gasteiger partial charge in [0.15, 0.2) is 5.82 Å². The molecular formula is C11H8F3N5OS. The van der Waals surface area contributed by atoms with E-state index in [-0.39, 0.29) is 5.82 Å². The van der Waals surface area contributed by atoms with Crippen molar-refractivity contribution < 1.29 is 18.3 Å². The summed E-state index contributed by atoms with van der Waals surface area (Å²) in [7, 11) is 0. The first kappa shape index (κ1) is 13.9. The first-order valence-corrected chi connectivity index (χ1v) is 6.59. The number of tetrazole rings is 1. The molecule has 0 unspecified atom stereocenters. The minimum absolute atomic E-state index is 0.242. The number of aromatic nitrogens is 5. The predicted octanol–water partition coefficient (Wildman–Crippen LogP) is 1.80. The van der Waals surface area contributed by atoms with Crippen LogP contribution in [0.15, 0.2) is 24.3 Å². The average Bonchev–Trinajstić information content (AvgIpc) is 3.05. The largest absolute Gasteiger partial charge is 0.424 e. The molecule has 0 fully saturated rings. The van der Waals surface area contributed by atoms with Crippen LogP contribution in [-0.2, 0) is 12.0 Å². The van der Waals surface area contributed by atoms with E-state index < -0.39 is 23.2 Å². The molecule has 6 nitrogen and oxygen atoms in total. The number of rotatable bonds is 3. The summed E-state index contributed by atoms with van der Waals surface area (Å²) in [6.07, 6.45) is -5.77. The van der Waals surface area contributed by atoms with Crippen LogP contribution < -0.4 is 0 Å². The van der Waals surface area contributed by atoms with Gasteiger partial charge in [0, 0.05) is 0 Å². The summed E-state index contributed by atoms with van der Waals surface area (Å²) < 4.78 is 40.6. The highest BCUT2D eigenvalue weighted by Gasteiger charge is 2.57. The number of aromatic amines is 1. The van der Waals surface area contributed by atoms with Crippen molar-refractivity contribution in [3.63, 3.8) is 0 Å². The lowest BCUT2D eigenvalue weighted by Gasteiger charge is -2.27. The molecule has 0 aliphatic rings. The van der Waals surface area contributed by atoms with E-state index >= 15 is 0 Å². The normalized spacial score (nSPS) is 15.2. The molecule has 10 heteroatoms. The van der Waals surface area contributed by atoms with Gasteiger partial charge in [0.2, 0.25) is 5.60 Å². The van der Waals surface area contributed by atoms with Gasteiger partial charge in [-0.25, -0.2) is 4.98 Å². The summed E-state index contributed by atoms with van der Waals surface area (Å²) in [5.41, 5.74) is -2.76. The number of nitrogens with zero attached hydrogens (tertiary/aromatic N) is 4. The third kappa shape index (κ3) is 2.36. The Morgan fingerprint density at radius 2 is 2.00 bits per heavy atom. The van der Waals surface area contributed by atoms with Gasteiger partial charge >= 0.3 is 6.18 Å². The Labute approximate surface area is 119 Å². The molecule has 2 N–H and O–H groups in total. The van der Waals surface area contributed by atoms with Gasteiger partial charge in [-0.15, -0.1) is 21.5 Å². The smallest absolute Gasteiger partial charge is 0.374 e. The maximum atomic E-state index is 13.3. The predicted molar refractivity (Wildman–Crippen MR) is 67.5 cm³/mol. The standard InChI is InChI=1S/C11H8F3N5OS/c12-11(13,14)10(20,5-8-16-18-19-17-8)9-15-6-3-1-2-4-7(6)21-9/h1-4,20H,5H2,(H,16,17,18,19)/t10-/m0/s1. The van der Waals surface area contributed by atoms with Crippen LogP contribution in [0, 0.1) is 0 Å². The molecule has 0 saturated carbocycles. The van der Waals surface area contributed by atoms with Crippen molar-refractivity contribution >= 4 is 21.6 Å². The van der Waals surface area contributed by atoms with Crippen molar-refractivity contribution in [2.75, 3.05) is 0 Å². The zero-order chi connectivity index (χ0) is 15.1. The second-order valence-electron chi connectivity index (χ2n) is 4.35. The number of alkyl halides is 3. The molecule has 3 aromatic rings. The van der Waals surface area contributed by atoms with Gasteiger partial charge in [0.05, 0.1) is 16.6 Å². The zero-order valence-electron chi connectivity index (χ0n) is 10.3. The molecule has 0 aliphatic heterocycles. The van der Waals surface area contributed by atoms with Crippen LogP contribution in [0.4, 0.5) is 13.2 Å². The van der Waals surface area contributed by atoms with E-state index in [0.29, 0.717) is 10.2 Å². The molecule has 3 rings (SSSR count). The summed E-state index contributed by atoms with van der Waals surface area (Å²) in [5.74, 6) is -0.242. The molecule has 2 aromatic heterocycles. The van der Waals surface area contributed by atoms with Crippen molar-refractivity contribution in [2.45, 2.75) is 18.2 Å². The van der Waals surface area contributed by atoms with Gasteiger partial charge in [-0.1, -0.05) is 17.3 Å². The lowest BCUT2D eigenvalue weighted by molar-refractivity contribution is -0.266. The highest BCUT2D eigenvalue weighted by Crippen LogP contribution is 2.43. The fraction of sp³-hybridized carbons (Fsp3) is 0.273. The highest BCUT2D eigenvalue weighted by atomic mass is 32.1. The Hall–Kier alpha value is -2.07. The third-order valence-electron chi connectivity index (χ3n) is 2.92. The van der Waals surface area contributed by atoms with Crippen LogP contribution in [0.1, 0.15) is 10.8 Å². The van der Waals surface area contributed by atoms with Crippen LogP contribution in [0.5, 0.6) is 0 Å². The summed E-state index contributed by atoms with van der Waals surface area (Å²) in [6.45, 7) is 0. The number of fused-ring (bicyclic) bond motifs is 1. The number of H-pyrrole nitrogens is 1. The molecule has 0 amide bonds. The average molecular weight is 315 g/mol. The number of para-hydroxylation sites is 1. The summed E-state index contributed by atoms with van der Waals surface area (Å²) in [5, 5.41) is 21.9. The number of halogens is 3. The number of hydrogen-bond acceptors (Lipinski definition) is 6. The Bertz CT molecular complexity index is 724. The minimum Gasteiger partial charge on any atom is -0.374 e. The fourth-order valence-corrected chi connectivity index (χ4v) is 2.91. The van der Waals surface area contributed by atoms with Crippen LogP contribution in [-0.4, -0.2) is 36.9 Å². The maximum absolute atomic E-state index is 13.3. The number of hydrogen-bond donors (Lipinski definition) is 2. The van der Waals surface area contributed by atoms with E-state index in [9.17, 15) is 18.3 Å². The lowest BCUT2D eigenvalue weighted by Crippen LogP contribution is -2.44. The van der Waals surface area contributed by atoms with Gasteiger partial charge in [-0.05, 0) is 12.1 Å². The molecule has 0 saturated heterocycles. The van der Waals surface area contributed by atoms with E-state index in [2.05, 4.69) is 25.6 Å². The Morgan fingerprint density at radius 1 is 1.24 bits per heavy atom. The van der Waals surface area contributed by atoms with Gasteiger partial charge in [-0.2, -0.15) is 18.4 Å². The van der Waals surface area contributed by atoms with Crippen LogP contribution in [0.3, 0.4) is 0 Å². The van der Waals surface area contributed by atoms with Crippen LogP contribution in [0.25, 0.3) is 10.2 Å². The van der Waals surface area contributed by atoms with E-state index in [0.717, 1.165) is 11.3 Å². The second kappa shape index (κ2) is 4.74. The first-order chi connectivity index (χ1) is 9.90. The zero-order valence-corrected chi connectivity index (χ0v) is 11.1. The third-order valence-corrected chi connectivity index (χ3v) is 4.11. The van der Waals surface area contributed by atoms with Crippen LogP contribution in [0.2, 0.25) is 0 Å². The van der Waals surface area contributed by atoms with Gasteiger partial charge in [-0.3, -0.25) is 0 Å². The van der Waals surface area contributed by atoms with Crippen molar-refractivity contribution in [2.24, 2.45) is 0 Å². The summed E-state index contributed by atoms with van der Waals surface area (Å²) >= 11 is 0.786. The number of thiazole rings is 1. The highest BCUT2D eigenvalue weighted by molar-refractivity contribution is 7.18. The molecule has 0 radical (unpaired) electrons. The van der Waals surface area contributed by atoms with Crippen molar-refractivity contribution in [1.82, 2.24) is 25.6 Å². The number of nitrogens with one attached hydrogen (secondary N) is 1. The maximum Gasteiger partial charge on any atom is 0.424 e. The molecule has 0 spiro atoms. The summed E-state index contributed by atoms with van der Waals surface area (Å²) in [6, 6.07) is 6.58. The van der Waals surface area contributed by atoms with E-state index in [4.69, 9.17) is 0 Å². The molecule has 1 aromatic carbocycles. The van der Waals surface area contributed by atoms with Crippen molar-refractivity contribution in [1.29, 1.82) is 0 Å². The Balaban J connectivity index is 2.10. The molecule has 0 aliphatic carbocycles. The van der Waals surface area contributed by atoms with Gasteiger partial charge < -0.3 is 5.11 Å². The molecule has 1 atom stereocenters. The molecular weight excluding hydrogens is 307 g/mol. The Kier molecular flexibility index (Phi) is 3.14. The fourth-order valence-electron chi connectivity index (χ4n) is 1.83. The molecule has 110 valence electrons.